The van der Waals surface area contributed by atoms with Gasteiger partial charge in [0.05, 0.1) is 10.6 Å². The molecule has 6 nitrogen and oxygen atoms in total. The number of nitro groups is 1. The fourth-order valence-corrected chi connectivity index (χ4v) is 2.30. The van der Waals surface area contributed by atoms with Gasteiger partial charge in [0.15, 0.2) is 0 Å². The maximum atomic E-state index is 12.2. The molecule has 2 aromatic carbocycles. The third kappa shape index (κ3) is 4.39. The summed E-state index contributed by atoms with van der Waals surface area (Å²) < 4.78 is 0. The highest BCUT2D eigenvalue weighted by atomic mass is 35.5. The monoisotopic (exact) mass is 345 g/mol. The summed E-state index contributed by atoms with van der Waals surface area (Å²) in [6.07, 6.45) is 1.57. The average Bonchev–Trinajstić information content (AvgIpc) is 2.59. The molecule has 0 aliphatic heterocycles. The molecule has 0 aliphatic rings. The maximum absolute atomic E-state index is 12.2. The first-order valence-corrected chi connectivity index (χ1v) is 7.77. The van der Waals surface area contributed by atoms with Crippen molar-refractivity contribution in [3.63, 3.8) is 0 Å². The Hall–Kier alpha value is -2.73. The minimum Gasteiger partial charge on any atom is -0.267 e. The highest BCUT2D eigenvalue weighted by Gasteiger charge is 2.16. The van der Waals surface area contributed by atoms with Crippen LogP contribution in [0.5, 0.6) is 0 Å². The molecular formula is C17H16ClN3O3. The van der Waals surface area contributed by atoms with Crippen LogP contribution in [-0.2, 0) is 0 Å². The molecule has 0 heterocycles. The molecule has 0 saturated carbocycles. The predicted octanol–water partition coefficient (Wildman–Crippen LogP) is 4.18. The van der Waals surface area contributed by atoms with Crippen molar-refractivity contribution in [3.8, 4) is 0 Å². The van der Waals surface area contributed by atoms with E-state index < -0.39 is 10.8 Å². The van der Waals surface area contributed by atoms with Crippen LogP contribution in [0.1, 0.15) is 35.7 Å². The van der Waals surface area contributed by atoms with Gasteiger partial charge in [-0.1, -0.05) is 55.3 Å². The van der Waals surface area contributed by atoms with Gasteiger partial charge in [0.1, 0.15) is 5.02 Å². The number of hydrogen-bond donors (Lipinski definition) is 1. The van der Waals surface area contributed by atoms with Crippen LogP contribution in [0, 0.1) is 10.1 Å². The van der Waals surface area contributed by atoms with Crippen molar-refractivity contribution in [3.05, 3.63) is 74.8 Å². The summed E-state index contributed by atoms with van der Waals surface area (Å²) in [7, 11) is 0. The highest BCUT2D eigenvalue weighted by Crippen LogP contribution is 2.25. The minimum absolute atomic E-state index is 0.0176. The summed E-state index contributed by atoms with van der Waals surface area (Å²) in [6, 6.07) is 13.4. The zero-order valence-corrected chi connectivity index (χ0v) is 13.8. The summed E-state index contributed by atoms with van der Waals surface area (Å²) >= 11 is 5.74. The molecule has 0 aromatic heterocycles. The van der Waals surface area contributed by atoms with Crippen molar-refractivity contribution >= 4 is 28.9 Å². The summed E-state index contributed by atoms with van der Waals surface area (Å²) in [5.41, 5.74) is 3.92. The summed E-state index contributed by atoms with van der Waals surface area (Å²) in [4.78, 5) is 22.5. The van der Waals surface area contributed by atoms with Crippen molar-refractivity contribution in [2.45, 2.75) is 19.8 Å². The smallest absolute Gasteiger partial charge is 0.267 e. The van der Waals surface area contributed by atoms with E-state index in [2.05, 4.69) is 10.5 Å². The molecule has 24 heavy (non-hydrogen) atoms. The third-order valence-electron chi connectivity index (χ3n) is 3.29. The van der Waals surface area contributed by atoms with Crippen LogP contribution in [0.3, 0.4) is 0 Å². The lowest BCUT2D eigenvalue weighted by Crippen LogP contribution is -2.20. The molecule has 0 unspecified atom stereocenters. The van der Waals surface area contributed by atoms with Crippen LogP contribution in [0.15, 0.2) is 53.6 Å². The van der Waals surface area contributed by atoms with Gasteiger partial charge in [0.2, 0.25) is 0 Å². The van der Waals surface area contributed by atoms with Crippen molar-refractivity contribution in [1.82, 2.24) is 5.43 Å². The van der Waals surface area contributed by atoms with Gasteiger partial charge in [-0.2, -0.15) is 5.10 Å². The number of rotatable bonds is 6. The molecule has 0 fully saturated rings. The standard InChI is InChI=1S/C17H16ClN3O3/c1-2-6-15(12-7-4-3-5-8-12)19-20-17(22)13-9-10-14(18)16(11-13)21(23)24/h3-5,7-11H,2,6H2,1H3,(H,20,22). The number of hydrogen-bond acceptors (Lipinski definition) is 4. The molecule has 0 spiro atoms. The predicted molar refractivity (Wildman–Crippen MR) is 93.5 cm³/mol. The van der Waals surface area contributed by atoms with Crippen LogP contribution in [0.2, 0.25) is 5.02 Å². The Morgan fingerprint density at radius 1 is 1.21 bits per heavy atom. The lowest BCUT2D eigenvalue weighted by molar-refractivity contribution is -0.384. The summed E-state index contributed by atoms with van der Waals surface area (Å²) in [5, 5.41) is 15.0. The number of benzene rings is 2. The second kappa shape index (κ2) is 8.21. The SMILES string of the molecule is CCCC(=NNC(=O)c1ccc(Cl)c([N+](=O)[O-])c1)c1ccccc1. The Bertz CT molecular complexity index is 776. The largest absolute Gasteiger partial charge is 0.288 e. The van der Waals surface area contributed by atoms with Gasteiger partial charge in [-0.15, -0.1) is 0 Å². The van der Waals surface area contributed by atoms with Crippen LogP contribution >= 0.6 is 11.6 Å². The normalized spacial score (nSPS) is 11.2. The average molecular weight is 346 g/mol. The lowest BCUT2D eigenvalue weighted by Gasteiger charge is -2.06. The van der Waals surface area contributed by atoms with E-state index in [9.17, 15) is 14.9 Å². The number of carbonyl (C=O) groups is 1. The Labute approximate surface area is 144 Å². The highest BCUT2D eigenvalue weighted by molar-refractivity contribution is 6.32. The van der Waals surface area contributed by atoms with Crippen LogP contribution in [-0.4, -0.2) is 16.5 Å². The maximum Gasteiger partial charge on any atom is 0.288 e. The van der Waals surface area contributed by atoms with Crippen LogP contribution < -0.4 is 5.43 Å². The topological polar surface area (TPSA) is 84.6 Å². The van der Waals surface area contributed by atoms with E-state index in [0.717, 1.165) is 23.8 Å². The molecule has 1 amide bonds. The second-order valence-electron chi connectivity index (χ2n) is 5.04. The molecule has 2 rings (SSSR count). The number of nitro benzene ring substituents is 1. The van der Waals surface area contributed by atoms with Crippen molar-refractivity contribution in [2.75, 3.05) is 0 Å². The summed E-state index contributed by atoms with van der Waals surface area (Å²) in [6.45, 7) is 2.02. The first-order valence-electron chi connectivity index (χ1n) is 7.39. The van der Waals surface area contributed by atoms with Crippen LogP contribution in [0.25, 0.3) is 0 Å². The zero-order chi connectivity index (χ0) is 17.5. The van der Waals surface area contributed by atoms with Crippen molar-refractivity contribution < 1.29 is 9.72 Å². The van der Waals surface area contributed by atoms with Gasteiger partial charge in [0.25, 0.3) is 11.6 Å². The lowest BCUT2D eigenvalue weighted by atomic mass is 10.1. The number of halogens is 1. The molecule has 7 heteroatoms. The van der Waals surface area contributed by atoms with E-state index in [1.807, 2.05) is 37.3 Å². The third-order valence-corrected chi connectivity index (χ3v) is 3.61. The number of carbonyl (C=O) groups excluding carboxylic acids is 1. The van der Waals surface area contributed by atoms with Crippen molar-refractivity contribution in [2.24, 2.45) is 5.10 Å². The molecule has 0 aliphatic carbocycles. The molecular weight excluding hydrogens is 330 g/mol. The number of amides is 1. The molecule has 124 valence electrons. The zero-order valence-electron chi connectivity index (χ0n) is 13.0. The Morgan fingerprint density at radius 2 is 1.92 bits per heavy atom. The van der Waals surface area contributed by atoms with Gasteiger partial charge >= 0.3 is 0 Å². The second-order valence-corrected chi connectivity index (χ2v) is 5.45. The fraction of sp³-hybridized carbons (Fsp3) is 0.176. The van der Waals surface area contributed by atoms with Gasteiger partial charge in [-0.25, -0.2) is 5.43 Å². The number of hydrazone groups is 1. The van der Waals surface area contributed by atoms with Crippen LogP contribution in [0.4, 0.5) is 5.69 Å². The van der Waals surface area contributed by atoms with E-state index in [1.165, 1.54) is 12.1 Å². The number of nitrogens with one attached hydrogen (secondary N) is 1. The molecule has 2 aromatic rings. The van der Waals surface area contributed by atoms with E-state index in [1.54, 1.807) is 0 Å². The van der Waals surface area contributed by atoms with Gasteiger partial charge in [-0.3, -0.25) is 14.9 Å². The molecule has 0 atom stereocenters. The van der Waals surface area contributed by atoms with E-state index >= 15 is 0 Å². The summed E-state index contributed by atoms with van der Waals surface area (Å²) in [5.74, 6) is -0.528. The van der Waals surface area contributed by atoms with Gasteiger partial charge in [-0.05, 0) is 24.1 Å². The van der Waals surface area contributed by atoms with E-state index in [-0.39, 0.29) is 16.3 Å². The Morgan fingerprint density at radius 3 is 2.54 bits per heavy atom. The quantitative estimate of drug-likeness (QED) is 0.484. The molecule has 1 N–H and O–H groups in total. The first-order chi connectivity index (χ1) is 11.5. The fourth-order valence-electron chi connectivity index (χ4n) is 2.11. The minimum atomic E-state index is -0.630. The van der Waals surface area contributed by atoms with Gasteiger partial charge in [0, 0.05) is 11.6 Å². The number of nitrogens with zero attached hydrogens (tertiary/aromatic N) is 2. The van der Waals surface area contributed by atoms with E-state index in [4.69, 9.17) is 11.6 Å². The van der Waals surface area contributed by atoms with E-state index in [0.29, 0.717) is 6.42 Å². The van der Waals surface area contributed by atoms with Crippen molar-refractivity contribution in [1.29, 1.82) is 0 Å². The molecule has 0 radical (unpaired) electrons. The van der Waals surface area contributed by atoms with Gasteiger partial charge < -0.3 is 0 Å². The Balaban J connectivity index is 2.21. The molecule has 0 bridgehead atoms. The first kappa shape index (κ1) is 17.6. The molecule has 0 saturated heterocycles. The Kier molecular flexibility index (Phi) is 6.03.